The fraction of sp³-hybridized carbons (Fsp3) is 0.300. The molecule has 6 aromatic carbocycles. The molecule has 0 aliphatic carbocycles. The van der Waals surface area contributed by atoms with Crippen LogP contribution in [0.3, 0.4) is 0 Å². The molecule has 1 N–H and O–H groups in total. The summed E-state index contributed by atoms with van der Waals surface area (Å²) < 4.78 is 0. The summed E-state index contributed by atoms with van der Waals surface area (Å²) in [4.78, 5) is 11.7. The van der Waals surface area contributed by atoms with Crippen LogP contribution in [-0.2, 0) is 30.3 Å². The molecule has 7 rings (SSSR count). The number of allylic oxidation sites excluding steroid dienone is 2. The van der Waals surface area contributed by atoms with E-state index in [0.717, 1.165) is 59.1 Å². The second-order valence-corrected chi connectivity index (χ2v) is 15.5. The van der Waals surface area contributed by atoms with Gasteiger partial charge in [0.25, 0.3) is 0 Å². The molecule has 4 nitrogen and oxygen atoms in total. The summed E-state index contributed by atoms with van der Waals surface area (Å²) in [6.45, 7) is 16.9. The first kappa shape index (κ1) is 41.5. The van der Waals surface area contributed by atoms with E-state index in [1.165, 1.54) is 49.3 Å². The van der Waals surface area contributed by atoms with E-state index in [0.29, 0.717) is 0 Å². The van der Waals surface area contributed by atoms with E-state index in [4.69, 9.17) is 0 Å². The Labute approximate surface area is 340 Å². The number of aromatic nitrogens is 2. The molecule has 0 fully saturated rings. The van der Waals surface area contributed by atoms with E-state index >= 15 is 0 Å². The summed E-state index contributed by atoms with van der Waals surface area (Å²) in [6, 6.07) is 40.8. The minimum atomic E-state index is -0.00736. The minimum absolute atomic E-state index is 0. The molecule has 0 amide bonds. The van der Waals surface area contributed by atoms with Gasteiger partial charge < -0.3 is 5.11 Å². The fourth-order valence-electron chi connectivity index (χ4n) is 7.72. The molecule has 0 aliphatic rings. The van der Waals surface area contributed by atoms with Crippen molar-refractivity contribution in [2.45, 2.75) is 86.5 Å². The zero-order valence-electron chi connectivity index (χ0n) is 33.5. The van der Waals surface area contributed by atoms with Gasteiger partial charge in [-0.1, -0.05) is 144 Å². The molecule has 1 aromatic heterocycles. The quantitative estimate of drug-likeness (QED) is 0.0678. The molecule has 7 aromatic rings. The van der Waals surface area contributed by atoms with Crippen LogP contribution in [0.2, 0.25) is 0 Å². The predicted octanol–water partition coefficient (Wildman–Crippen LogP) is 13.7. The molecule has 0 saturated heterocycles. The molecule has 0 saturated carbocycles. The van der Waals surface area contributed by atoms with Crippen LogP contribution in [0.5, 0.6) is 0 Å². The van der Waals surface area contributed by atoms with E-state index in [2.05, 4.69) is 140 Å². The average molecular weight is 906 g/mol. The number of aliphatic hydroxyl groups excluding tert-OH is 1. The maximum atomic E-state index is 11.7. The van der Waals surface area contributed by atoms with Gasteiger partial charge in [-0.05, 0) is 87.5 Å². The van der Waals surface area contributed by atoms with Gasteiger partial charge in [0.1, 0.15) is 0 Å². The van der Waals surface area contributed by atoms with Gasteiger partial charge in [-0.25, -0.2) is 0 Å². The number of aryl methyl sites for hydroxylation is 1. The summed E-state index contributed by atoms with van der Waals surface area (Å²) in [5.41, 5.74) is 6.26. The predicted molar refractivity (Wildman–Crippen MR) is 229 cm³/mol. The molecule has 1 heterocycles. The van der Waals surface area contributed by atoms with Crippen LogP contribution in [0, 0.1) is 24.8 Å². The second kappa shape index (κ2) is 17.8. The summed E-state index contributed by atoms with van der Waals surface area (Å²) in [5, 5.41) is 29.0. The Morgan fingerprint density at radius 1 is 0.673 bits per heavy atom. The smallest absolute Gasteiger partial charge is 0.162 e. The molecule has 0 aliphatic heterocycles. The Morgan fingerprint density at radius 3 is 1.73 bits per heavy atom. The number of benzene rings is 6. The van der Waals surface area contributed by atoms with Crippen molar-refractivity contribution in [1.29, 1.82) is 0 Å². The van der Waals surface area contributed by atoms with Crippen molar-refractivity contribution in [3.63, 3.8) is 0 Å². The first-order valence-electron chi connectivity index (χ1n) is 19.6. The Morgan fingerprint density at radius 2 is 1.18 bits per heavy atom. The van der Waals surface area contributed by atoms with Gasteiger partial charge in [0.2, 0.25) is 0 Å². The van der Waals surface area contributed by atoms with Crippen LogP contribution >= 0.6 is 0 Å². The standard InChI is InChI=1S/C37H29N2.C13H24O2.Ir/c1-23-33(22-36(39-38-23)26-19-24-11-5-6-12-27(24)35(21-26)37(2,3)4)25-17-18-32-30-15-8-7-13-28(30)29-14-9-10-16-31(29)34(32)20-25;1-5-10(6-2)12(14)9-13(15)11(7-3)8-4;/h5-18,20-22H,1-4H3;9-11,14H,5-8H2,1-4H3;/q-1;;/b;12-9-;. The van der Waals surface area contributed by atoms with Crippen LogP contribution in [0.1, 0.15) is 85.4 Å². The van der Waals surface area contributed by atoms with Crippen molar-refractivity contribution >= 4 is 48.9 Å². The molecule has 55 heavy (non-hydrogen) atoms. The third kappa shape index (κ3) is 8.75. The number of aliphatic hydroxyl groups is 1. The van der Waals surface area contributed by atoms with Gasteiger partial charge in [-0.15, -0.1) is 29.1 Å². The van der Waals surface area contributed by atoms with Crippen molar-refractivity contribution in [3.8, 4) is 22.4 Å². The second-order valence-electron chi connectivity index (χ2n) is 15.5. The number of fused-ring (bicyclic) bond motifs is 7. The van der Waals surface area contributed by atoms with Crippen LogP contribution in [-0.4, -0.2) is 21.1 Å². The van der Waals surface area contributed by atoms with Gasteiger partial charge in [-0.2, -0.15) is 10.2 Å². The normalized spacial score (nSPS) is 12.0. The summed E-state index contributed by atoms with van der Waals surface area (Å²) in [7, 11) is 0. The van der Waals surface area contributed by atoms with E-state index in [9.17, 15) is 9.90 Å². The van der Waals surface area contributed by atoms with Crippen molar-refractivity contribution in [2.24, 2.45) is 11.8 Å². The first-order valence-corrected chi connectivity index (χ1v) is 19.6. The maximum Gasteiger partial charge on any atom is 0.162 e. The van der Waals surface area contributed by atoms with Crippen molar-refractivity contribution in [3.05, 3.63) is 132 Å². The topological polar surface area (TPSA) is 63.1 Å². The first-order chi connectivity index (χ1) is 26.0. The van der Waals surface area contributed by atoms with E-state index in [1.807, 2.05) is 34.6 Å². The molecular formula is C50H53IrN2O2-. The number of rotatable bonds is 9. The molecular weight excluding hydrogens is 853 g/mol. The number of nitrogens with zero attached hydrogens (tertiary/aromatic N) is 2. The third-order valence-electron chi connectivity index (χ3n) is 11.0. The summed E-state index contributed by atoms with van der Waals surface area (Å²) in [5.74, 6) is 0.547. The molecule has 0 spiro atoms. The summed E-state index contributed by atoms with van der Waals surface area (Å²) >= 11 is 0. The molecule has 5 heteroatoms. The number of hydrogen-bond donors (Lipinski definition) is 1. The molecule has 1 radical (unpaired) electrons. The zero-order chi connectivity index (χ0) is 38.6. The van der Waals surface area contributed by atoms with E-state index in [1.54, 1.807) is 0 Å². The Bertz CT molecular complexity index is 2450. The Balaban J connectivity index is 0.000000311. The van der Waals surface area contributed by atoms with Crippen LogP contribution in [0.25, 0.3) is 65.5 Å². The van der Waals surface area contributed by atoms with E-state index < -0.39 is 0 Å². The zero-order valence-corrected chi connectivity index (χ0v) is 35.9. The molecule has 0 bridgehead atoms. The minimum Gasteiger partial charge on any atom is -0.512 e. The van der Waals surface area contributed by atoms with Gasteiger partial charge in [0.05, 0.1) is 11.5 Å². The van der Waals surface area contributed by atoms with E-state index in [-0.39, 0.29) is 48.9 Å². The monoisotopic (exact) mass is 906 g/mol. The van der Waals surface area contributed by atoms with Gasteiger partial charge in [-0.3, -0.25) is 4.79 Å². The third-order valence-corrected chi connectivity index (χ3v) is 11.0. The van der Waals surface area contributed by atoms with Crippen molar-refractivity contribution in [2.75, 3.05) is 0 Å². The van der Waals surface area contributed by atoms with Crippen molar-refractivity contribution in [1.82, 2.24) is 10.2 Å². The van der Waals surface area contributed by atoms with Gasteiger partial charge in [0, 0.05) is 43.7 Å². The number of carbonyl (C=O) groups excluding carboxylic acids is 1. The molecule has 0 unspecified atom stereocenters. The number of carbonyl (C=O) groups is 1. The van der Waals surface area contributed by atoms with Crippen LogP contribution in [0.15, 0.2) is 115 Å². The van der Waals surface area contributed by atoms with Gasteiger partial charge in [0.15, 0.2) is 5.78 Å². The maximum absolute atomic E-state index is 11.7. The Hall–Kier alpha value is -4.70. The van der Waals surface area contributed by atoms with Crippen LogP contribution < -0.4 is 0 Å². The van der Waals surface area contributed by atoms with Crippen molar-refractivity contribution < 1.29 is 30.0 Å². The largest absolute Gasteiger partial charge is 0.512 e. The number of ketones is 1. The fourth-order valence-corrected chi connectivity index (χ4v) is 7.72. The molecule has 0 atom stereocenters. The number of hydrogen-bond acceptors (Lipinski definition) is 4. The average Bonchev–Trinajstić information content (AvgIpc) is 3.18. The SMILES string of the molecule is CCC(CC)C(=O)/C=C(\O)C(CC)CC.Cc1nnc(-c2[c-]c3ccccc3c(C(C)(C)C)c2)cc1-c1ccc2c3ccccc3c3ccccc3c2c1.[Ir]. The Kier molecular flexibility index (Phi) is 13.4. The van der Waals surface area contributed by atoms with Gasteiger partial charge >= 0.3 is 0 Å². The summed E-state index contributed by atoms with van der Waals surface area (Å²) in [6.07, 6.45) is 4.91. The van der Waals surface area contributed by atoms with Crippen LogP contribution in [0.4, 0.5) is 0 Å². The molecule has 285 valence electrons.